The third-order valence-electron chi connectivity index (χ3n) is 4.73. The van der Waals surface area contributed by atoms with Crippen LogP contribution in [0.15, 0.2) is 0 Å². The van der Waals surface area contributed by atoms with Gasteiger partial charge in [-0.15, -0.1) is 11.3 Å². The van der Waals surface area contributed by atoms with Crippen molar-refractivity contribution in [3.63, 3.8) is 0 Å². The van der Waals surface area contributed by atoms with Gasteiger partial charge in [0.25, 0.3) is 5.91 Å². The number of carboxylic acid groups (broad SMARTS) is 1. The van der Waals surface area contributed by atoms with E-state index in [0.717, 1.165) is 55.6 Å². The predicted octanol–water partition coefficient (Wildman–Crippen LogP) is 2.34. The Hall–Kier alpha value is -1.93. The lowest BCUT2D eigenvalue weighted by atomic mass is 9.95. The molecule has 1 aliphatic carbocycles. The Morgan fingerprint density at radius 3 is 2.69 bits per heavy atom. The third-order valence-corrected chi connectivity index (χ3v) is 5.94. The zero-order valence-electron chi connectivity index (χ0n) is 14.6. The molecule has 26 heavy (non-hydrogen) atoms. The summed E-state index contributed by atoms with van der Waals surface area (Å²) in [7, 11) is 0. The molecule has 2 amide bonds. The highest BCUT2D eigenvalue weighted by Crippen LogP contribution is 2.38. The van der Waals surface area contributed by atoms with Gasteiger partial charge < -0.3 is 20.5 Å². The van der Waals surface area contributed by atoms with Crippen molar-refractivity contribution in [2.75, 3.05) is 18.5 Å². The normalized spacial score (nSPS) is 19.0. The topological polar surface area (TPSA) is 105 Å². The fourth-order valence-corrected chi connectivity index (χ4v) is 4.71. The Morgan fingerprint density at radius 1 is 1.15 bits per heavy atom. The fraction of sp³-hybridized carbons (Fsp3) is 0.611. The van der Waals surface area contributed by atoms with Gasteiger partial charge in [-0.2, -0.15) is 0 Å². The summed E-state index contributed by atoms with van der Waals surface area (Å²) in [4.78, 5) is 36.6. The lowest BCUT2D eigenvalue weighted by Crippen LogP contribution is -2.32. The van der Waals surface area contributed by atoms with Crippen molar-refractivity contribution < 1.29 is 24.2 Å². The molecule has 0 spiro atoms. The van der Waals surface area contributed by atoms with Gasteiger partial charge in [-0.25, -0.2) is 0 Å². The SMILES string of the molecule is O=C(O)CCC(=O)Nc1sc2c(c1C(=O)NC[C@H]1CCCO1)CCCC2. The number of rotatable bonds is 7. The number of nitrogens with one attached hydrogen (secondary N) is 2. The number of amides is 2. The number of hydrogen-bond donors (Lipinski definition) is 3. The Morgan fingerprint density at radius 2 is 1.96 bits per heavy atom. The van der Waals surface area contributed by atoms with Gasteiger partial charge in [0, 0.05) is 24.4 Å². The Labute approximate surface area is 156 Å². The van der Waals surface area contributed by atoms with Gasteiger partial charge >= 0.3 is 5.97 Å². The summed E-state index contributed by atoms with van der Waals surface area (Å²) < 4.78 is 5.55. The van der Waals surface area contributed by atoms with E-state index in [4.69, 9.17) is 9.84 Å². The van der Waals surface area contributed by atoms with Crippen LogP contribution in [0.25, 0.3) is 0 Å². The highest BCUT2D eigenvalue weighted by Gasteiger charge is 2.27. The molecule has 3 N–H and O–H groups in total. The molecule has 1 aliphatic heterocycles. The summed E-state index contributed by atoms with van der Waals surface area (Å²) in [6.45, 7) is 1.20. The maximum atomic E-state index is 12.8. The van der Waals surface area contributed by atoms with Gasteiger partial charge in [0.15, 0.2) is 0 Å². The molecule has 142 valence electrons. The van der Waals surface area contributed by atoms with E-state index in [1.807, 2.05) is 0 Å². The summed E-state index contributed by atoms with van der Waals surface area (Å²) >= 11 is 1.44. The number of carboxylic acids is 1. The summed E-state index contributed by atoms with van der Waals surface area (Å²) in [6.07, 6.45) is 5.55. The summed E-state index contributed by atoms with van der Waals surface area (Å²) in [5.41, 5.74) is 1.57. The van der Waals surface area contributed by atoms with Crippen LogP contribution in [-0.2, 0) is 27.2 Å². The van der Waals surface area contributed by atoms with Crippen LogP contribution in [0.2, 0.25) is 0 Å². The molecule has 2 heterocycles. The van der Waals surface area contributed by atoms with Crippen LogP contribution in [0.4, 0.5) is 5.00 Å². The molecule has 1 saturated heterocycles. The minimum atomic E-state index is -1.01. The molecular weight excluding hydrogens is 356 g/mol. The van der Waals surface area contributed by atoms with Crippen LogP contribution >= 0.6 is 11.3 Å². The molecule has 1 fully saturated rings. The van der Waals surface area contributed by atoms with E-state index in [-0.39, 0.29) is 30.8 Å². The van der Waals surface area contributed by atoms with Crippen molar-refractivity contribution in [3.8, 4) is 0 Å². The first-order valence-corrected chi connectivity index (χ1v) is 9.92. The van der Waals surface area contributed by atoms with Gasteiger partial charge in [0.2, 0.25) is 5.91 Å². The molecule has 0 aromatic carbocycles. The smallest absolute Gasteiger partial charge is 0.303 e. The van der Waals surface area contributed by atoms with Crippen molar-refractivity contribution in [2.24, 2.45) is 0 Å². The van der Waals surface area contributed by atoms with Crippen molar-refractivity contribution >= 4 is 34.1 Å². The maximum absolute atomic E-state index is 12.8. The molecule has 0 bridgehead atoms. The van der Waals surface area contributed by atoms with Crippen LogP contribution in [-0.4, -0.2) is 42.1 Å². The predicted molar refractivity (Wildman–Crippen MR) is 97.8 cm³/mol. The zero-order valence-corrected chi connectivity index (χ0v) is 15.5. The molecule has 2 aliphatic rings. The van der Waals surface area contributed by atoms with E-state index in [0.29, 0.717) is 17.1 Å². The number of aryl methyl sites for hydroxylation is 1. The minimum absolute atomic E-state index is 0.0574. The van der Waals surface area contributed by atoms with Crippen LogP contribution < -0.4 is 10.6 Å². The zero-order chi connectivity index (χ0) is 18.5. The Bertz CT molecular complexity index is 694. The van der Waals surface area contributed by atoms with Gasteiger partial charge in [0.1, 0.15) is 5.00 Å². The molecule has 3 rings (SSSR count). The average Bonchev–Trinajstić information content (AvgIpc) is 3.25. The number of carbonyl (C=O) groups excluding carboxylic acids is 2. The summed E-state index contributed by atoms with van der Waals surface area (Å²) in [6, 6.07) is 0. The first-order chi connectivity index (χ1) is 12.5. The van der Waals surface area contributed by atoms with E-state index in [9.17, 15) is 14.4 Å². The number of anilines is 1. The van der Waals surface area contributed by atoms with Crippen molar-refractivity contribution in [1.82, 2.24) is 5.32 Å². The second-order valence-corrected chi connectivity index (χ2v) is 7.81. The number of aliphatic carboxylic acids is 1. The highest BCUT2D eigenvalue weighted by molar-refractivity contribution is 7.17. The number of fused-ring (bicyclic) bond motifs is 1. The Balaban J connectivity index is 1.73. The van der Waals surface area contributed by atoms with E-state index >= 15 is 0 Å². The van der Waals surface area contributed by atoms with E-state index in [1.165, 1.54) is 11.3 Å². The molecular formula is C18H24N2O5S. The summed E-state index contributed by atoms with van der Waals surface area (Å²) in [5, 5.41) is 15.0. The van der Waals surface area contributed by atoms with Crippen LogP contribution in [0.5, 0.6) is 0 Å². The first-order valence-electron chi connectivity index (χ1n) is 9.10. The molecule has 0 radical (unpaired) electrons. The second kappa shape index (κ2) is 8.64. The minimum Gasteiger partial charge on any atom is -0.481 e. The van der Waals surface area contributed by atoms with Crippen LogP contribution in [0.3, 0.4) is 0 Å². The fourth-order valence-electron chi connectivity index (χ4n) is 3.40. The van der Waals surface area contributed by atoms with E-state index < -0.39 is 5.97 Å². The molecule has 0 saturated carbocycles. The molecule has 0 unspecified atom stereocenters. The monoisotopic (exact) mass is 380 g/mol. The third kappa shape index (κ3) is 4.62. The van der Waals surface area contributed by atoms with Gasteiger partial charge in [-0.05, 0) is 44.1 Å². The number of hydrogen-bond acceptors (Lipinski definition) is 5. The van der Waals surface area contributed by atoms with E-state index in [1.54, 1.807) is 0 Å². The van der Waals surface area contributed by atoms with Crippen molar-refractivity contribution in [1.29, 1.82) is 0 Å². The summed E-state index contributed by atoms with van der Waals surface area (Å²) in [5.74, 6) is -1.58. The van der Waals surface area contributed by atoms with E-state index in [2.05, 4.69) is 10.6 Å². The maximum Gasteiger partial charge on any atom is 0.303 e. The van der Waals surface area contributed by atoms with Crippen molar-refractivity contribution in [2.45, 2.75) is 57.5 Å². The second-order valence-electron chi connectivity index (χ2n) is 6.70. The van der Waals surface area contributed by atoms with Gasteiger partial charge in [0.05, 0.1) is 18.1 Å². The highest BCUT2D eigenvalue weighted by atomic mass is 32.1. The molecule has 1 atom stereocenters. The first kappa shape index (κ1) is 18.8. The van der Waals surface area contributed by atoms with Crippen molar-refractivity contribution in [3.05, 3.63) is 16.0 Å². The average molecular weight is 380 g/mol. The van der Waals surface area contributed by atoms with Crippen LogP contribution in [0, 0.1) is 0 Å². The van der Waals surface area contributed by atoms with Gasteiger partial charge in [-0.3, -0.25) is 14.4 Å². The Kier molecular flexibility index (Phi) is 6.26. The van der Waals surface area contributed by atoms with Gasteiger partial charge in [-0.1, -0.05) is 0 Å². The number of ether oxygens (including phenoxy) is 1. The number of thiophene rings is 1. The molecule has 8 heteroatoms. The quantitative estimate of drug-likeness (QED) is 0.673. The molecule has 1 aromatic rings. The standard InChI is InChI=1S/C18H24N2O5S/c21-14(7-8-15(22)23)20-18-16(12-5-1-2-6-13(12)26-18)17(24)19-10-11-4-3-9-25-11/h11H,1-10H2,(H,19,24)(H,20,21)(H,22,23)/t11-/m1/s1. The molecule has 7 nitrogen and oxygen atoms in total. The largest absolute Gasteiger partial charge is 0.481 e. The lowest BCUT2D eigenvalue weighted by Gasteiger charge is -2.15. The van der Waals surface area contributed by atoms with Crippen LogP contribution in [0.1, 0.15) is 59.3 Å². The number of carbonyl (C=O) groups is 3. The molecule has 1 aromatic heterocycles. The lowest BCUT2D eigenvalue weighted by molar-refractivity contribution is -0.138.